The van der Waals surface area contributed by atoms with E-state index in [1.165, 1.54) is 11.8 Å². The van der Waals surface area contributed by atoms with Crippen LogP contribution in [0.4, 0.5) is 0 Å². The Morgan fingerprint density at radius 2 is 1.93 bits per heavy atom. The molecule has 1 unspecified atom stereocenters. The molecule has 0 spiro atoms. The quantitative estimate of drug-likeness (QED) is 0.547. The van der Waals surface area contributed by atoms with Gasteiger partial charge in [-0.05, 0) is 31.1 Å². The number of amides is 2. The fraction of sp³-hybridized carbons (Fsp3) is 0.381. The summed E-state index contributed by atoms with van der Waals surface area (Å²) < 4.78 is 5.19. The fourth-order valence-corrected chi connectivity index (χ4v) is 3.07. The van der Waals surface area contributed by atoms with Crippen molar-refractivity contribution in [1.29, 1.82) is 0 Å². The largest absolute Gasteiger partial charge is 0.455 e. The maximum absolute atomic E-state index is 12.4. The monoisotopic (exact) mass is 370 g/mol. The van der Waals surface area contributed by atoms with Crippen LogP contribution in [0.5, 0.6) is 0 Å². The number of hydrogen-bond donors (Lipinski definition) is 0. The Morgan fingerprint density at radius 1 is 1.22 bits per heavy atom. The van der Waals surface area contributed by atoms with E-state index in [2.05, 4.69) is 6.58 Å². The fourth-order valence-electron chi connectivity index (χ4n) is 3.07. The van der Waals surface area contributed by atoms with Crippen LogP contribution in [-0.2, 0) is 19.1 Å². The number of esters is 1. The summed E-state index contributed by atoms with van der Waals surface area (Å²) in [6, 6.07) is 7.16. The van der Waals surface area contributed by atoms with Gasteiger partial charge in [0.2, 0.25) is 5.91 Å². The summed E-state index contributed by atoms with van der Waals surface area (Å²) in [6.07, 6.45) is 3.51. The SMILES string of the molecule is C=C(C)CN(CC)C(=O)COC(=O)CC1c2ccccc2C=CN1C(C)=O. The van der Waals surface area contributed by atoms with Crippen LogP contribution in [0, 0.1) is 0 Å². The molecule has 0 saturated heterocycles. The molecule has 2 rings (SSSR count). The van der Waals surface area contributed by atoms with Crippen molar-refractivity contribution in [3.63, 3.8) is 0 Å². The van der Waals surface area contributed by atoms with E-state index >= 15 is 0 Å². The number of hydrogen-bond acceptors (Lipinski definition) is 4. The van der Waals surface area contributed by atoms with Crippen LogP contribution in [-0.4, -0.2) is 47.3 Å². The van der Waals surface area contributed by atoms with E-state index in [0.29, 0.717) is 13.1 Å². The molecule has 0 bridgehead atoms. The van der Waals surface area contributed by atoms with Crippen molar-refractivity contribution in [2.24, 2.45) is 0 Å². The van der Waals surface area contributed by atoms with Crippen molar-refractivity contribution < 1.29 is 19.1 Å². The molecule has 0 radical (unpaired) electrons. The lowest BCUT2D eigenvalue weighted by atomic mass is 9.94. The molecule has 6 nitrogen and oxygen atoms in total. The Labute approximate surface area is 160 Å². The minimum atomic E-state index is -0.518. The molecule has 1 aliphatic heterocycles. The lowest BCUT2D eigenvalue weighted by Crippen LogP contribution is -2.36. The third-order valence-corrected chi connectivity index (χ3v) is 4.38. The van der Waals surface area contributed by atoms with Crippen molar-refractivity contribution in [3.05, 3.63) is 53.7 Å². The summed E-state index contributed by atoms with van der Waals surface area (Å²) in [4.78, 5) is 39.6. The van der Waals surface area contributed by atoms with Gasteiger partial charge in [0.1, 0.15) is 0 Å². The number of ether oxygens (including phenoxy) is 1. The number of likely N-dealkylation sites (N-methyl/N-ethyl adjacent to an activating group) is 1. The highest BCUT2D eigenvalue weighted by Crippen LogP contribution is 2.33. The van der Waals surface area contributed by atoms with Crippen molar-refractivity contribution in [2.45, 2.75) is 33.2 Å². The third kappa shape index (κ3) is 5.29. The first-order valence-corrected chi connectivity index (χ1v) is 8.97. The zero-order valence-electron chi connectivity index (χ0n) is 16.1. The predicted molar refractivity (Wildman–Crippen MR) is 103 cm³/mol. The molecule has 1 aliphatic rings. The van der Waals surface area contributed by atoms with Gasteiger partial charge < -0.3 is 14.5 Å². The summed E-state index contributed by atoms with van der Waals surface area (Å²) in [6.45, 7) is 9.59. The van der Waals surface area contributed by atoms with E-state index in [4.69, 9.17) is 4.74 Å². The second kappa shape index (κ2) is 9.16. The normalized spacial score (nSPS) is 15.1. The molecule has 0 saturated carbocycles. The molecule has 0 aromatic heterocycles. The standard InChI is InChI=1S/C21H26N2O4/c1-5-22(13-15(2)3)20(25)14-27-21(26)12-19-18-9-7-6-8-17(18)10-11-23(19)16(4)24/h6-11,19H,2,5,12-14H2,1,3-4H3. The molecule has 6 heteroatoms. The Kier molecular flexibility index (Phi) is 6.93. The van der Waals surface area contributed by atoms with Gasteiger partial charge in [-0.1, -0.05) is 36.4 Å². The molecular formula is C21H26N2O4. The molecule has 144 valence electrons. The zero-order chi connectivity index (χ0) is 20.0. The number of carbonyl (C=O) groups is 3. The smallest absolute Gasteiger partial charge is 0.308 e. The molecule has 1 aromatic rings. The summed E-state index contributed by atoms with van der Waals surface area (Å²) >= 11 is 0. The highest BCUT2D eigenvalue weighted by Gasteiger charge is 2.29. The lowest BCUT2D eigenvalue weighted by molar-refractivity contribution is -0.153. The number of benzene rings is 1. The molecule has 0 N–H and O–H groups in total. The van der Waals surface area contributed by atoms with Crippen molar-refractivity contribution in [1.82, 2.24) is 9.80 Å². The number of fused-ring (bicyclic) bond motifs is 1. The number of rotatable bonds is 7. The highest BCUT2D eigenvalue weighted by atomic mass is 16.5. The van der Waals surface area contributed by atoms with E-state index in [9.17, 15) is 14.4 Å². The summed E-state index contributed by atoms with van der Waals surface area (Å²) in [5, 5.41) is 0. The summed E-state index contributed by atoms with van der Waals surface area (Å²) in [5.74, 6) is -0.939. The van der Waals surface area contributed by atoms with Gasteiger partial charge in [0.05, 0.1) is 12.5 Å². The van der Waals surface area contributed by atoms with E-state index in [-0.39, 0.29) is 24.8 Å². The van der Waals surface area contributed by atoms with Crippen LogP contribution in [0.15, 0.2) is 42.6 Å². The van der Waals surface area contributed by atoms with Crippen LogP contribution < -0.4 is 0 Å². The Balaban J connectivity index is 2.03. The topological polar surface area (TPSA) is 66.9 Å². The first kappa shape index (κ1) is 20.4. The van der Waals surface area contributed by atoms with Gasteiger partial charge in [0, 0.05) is 26.2 Å². The molecule has 0 fully saturated rings. The molecule has 0 aliphatic carbocycles. The second-order valence-electron chi connectivity index (χ2n) is 6.62. The lowest BCUT2D eigenvalue weighted by Gasteiger charge is -2.32. The van der Waals surface area contributed by atoms with Gasteiger partial charge in [-0.2, -0.15) is 0 Å². The predicted octanol–water partition coefficient (Wildman–Crippen LogP) is 2.92. The number of nitrogens with zero attached hydrogens (tertiary/aromatic N) is 2. The van der Waals surface area contributed by atoms with Gasteiger partial charge in [-0.3, -0.25) is 14.4 Å². The highest BCUT2D eigenvalue weighted by molar-refractivity contribution is 5.82. The van der Waals surface area contributed by atoms with Gasteiger partial charge in [0.25, 0.3) is 5.91 Å². The van der Waals surface area contributed by atoms with Gasteiger partial charge >= 0.3 is 5.97 Å². The van der Waals surface area contributed by atoms with Crippen LogP contribution in [0.25, 0.3) is 6.08 Å². The van der Waals surface area contributed by atoms with Crippen molar-refractivity contribution in [2.75, 3.05) is 19.7 Å². The third-order valence-electron chi connectivity index (χ3n) is 4.38. The van der Waals surface area contributed by atoms with E-state index in [1.54, 1.807) is 11.1 Å². The molecular weight excluding hydrogens is 344 g/mol. The molecule has 2 amide bonds. The van der Waals surface area contributed by atoms with Crippen LogP contribution in [0.2, 0.25) is 0 Å². The zero-order valence-corrected chi connectivity index (χ0v) is 16.1. The molecule has 1 atom stereocenters. The first-order chi connectivity index (χ1) is 12.8. The average molecular weight is 370 g/mol. The molecule has 27 heavy (non-hydrogen) atoms. The maximum atomic E-state index is 12.4. The molecule has 1 heterocycles. The summed E-state index contributed by atoms with van der Waals surface area (Å²) in [7, 11) is 0. The Bertz CT molecular complexity index is 769. The minimum Gasteiger partial charge on any atom is -0.455 e. The molecule has 1 aromatic carbocycles. The van der Waals surface area contributed by atoms with Gasteiger partial charge in [-0.25, -0.2) is 0 Å². The van der Waals surface area contributed by atoms with Crippen LogP contribution in [0.3, 0.4) is 0 Å². The van der Waals surface area contributed by atoms with Gasteiger partial charge in [0.15, 0.2) is 6.61 Å². The Hall–Kier alpha value is -2.89. The van der Waals surface area contributed by atoms with E-state index < -0.39 is 12.0 Å². The second-order valence-corrected chi connectivity index (χ2v) is 6.62. The Morgan fingerprint density at radius 3 is 2.56 bits per heavy atom. The van der Waals surface area contributed by atoms with Gasteiger partial charge in [-0.15, -0.1) is 0 Å². The first-order valence-electron chi connectivity index (χ1n) is 8.97. The number of carbonyl (C=O) groups excluding carboxylic acids is 3. The average Bonchev–Trinajstić information content (AvgIpc) is 2.64. The summed E-state index contributed by atoms with van der Waals surface area (Å²) in [5.41, 5.74) is 2.71. The van der Waals surface area contributed by atoms with E-state index in [1.807, 2.05) is 44.2 Å². The van der Waals surface area contributed by atoms with Crippen molar-refractivity contribution >= 4 is 23.9 Å². The van der Waals surface area contributed by atoms with Crippen molar-refractivity contribution in [3.8, 4) is 0 Å². The maximum Gasteiger partial charge on any atom is 0.308 e. The minimum absolute atomic E-state index is 0.0131. The van der Waals surface area contributed by atoms with Crippen LogP contribution >= 0.6 is 0 Å². The van der Waals surface area contributed by atoms with E-state index in [0.717, 1.165) is 16.7 Å². The van der Waals surface area contributed by atoms with Crippen LogP contribution in [0.1, 0.15) is 44.4 Å².